The van der Waals surface area contributed by atoms with Crippen molar-refractivity contribution in [2.75, 3.05) is 0 Å². The molecule has 3 aromatic carbocycles. The van der Waals surface area contributed by atoms with Crippen LogP contribution in [0.4, 0.5) is 0 Å². The summed E-state index contributed by atoms with van der Waals surface area (Å²) in [6.07, 6.45) is 2.99. The summed E-state index contributed by atoms with van der Waals surface area (Å²) in [5.41, 5.74) is 9.54. The van der Waals surface area contributed by atoms with Crippen LogP contribution in [0.2, 0.25) is 0 Å². The number of aryl methyl sites for hydroxylation is 2. The van der Waals surface area contributed by atoms with Gasteiger partial charge in [0.1, 0.15) is 0 Å². The van der Waals surface area contributed by atoms with Crippen LogP contribution >= 0.6 is 0 Å². The van der Waals surface area contributed by atoms with Gasteiger partial charge in [-0.05, 0) is 67.3 Å². The molecule has 0 saturated carbocycles. The third-order valence-electron chi connectivity index (χ3n) is 5.14. The van der Waals surface area contributed by atoms with E-state index in [2.05, 4.69) is 79.5 Å². The predicted molar refractivity (Wildman–Crippen MR) is 136 cm³/mol. The molecule has 0 aliphatic carbocycles. The minimum absolute atomic E-state index is 0. The number of nitrogens with zero attached hydrogens (tertiary/aromatic N) is 1. The van der Waals surface area contributed by atoms with Crippen molar-refractivity contribution in [3.8, 4) is 33.5 Å². The standard InChI is InChI=1S/C25H20N.C5H8O2.Ir/c1-18-9-7-10-19(2)25(18)23-14-4-3-13-22(23)20-11-8-12-21(17-20)24-15-5-6-16-26-24;1-4(6)3-5(2)7;/h3-11,13-17H,1-2H3;3,6H,1-2H3;/q-1;;/b;4-3-;. The van der Waals surface area contributed by atoms with E-state index in [1.165, 1.54) is 53.3 Å². The van der Waals surface area contributed by atoms with E-state index >= 15 is 0 Å². The molecular weight excluding hydrogens is 599 g/mol. The molecule has 1 aromatic heterocycles. The quantitative estimate of drug-likeness (QED) is 0.145. The van der Waals surface area contributed by atoms with Gasteiger partial charge in [0.2, 0.25) is 0 Å². The Morgan fingerprint density at radius 3 is 2.09 bits per heavy atom. The first-order valence-corrected chi connectivity index (χ1v) is 10.8. The van der Waals surface area contributed by atoms with Crippen LogP contribution in [0.1, 0.15) is 25.0 Å². The summed E-state index contributed by atoms with van der Waals surface area (Å²) < 4.78 is 0. The molecule has 34 heavy (non-hydrogen) atoms. The van der Waals surface area contributed by atoms with Crippen molar-refractivity contribution in [2.45, 2.75) is 27.7 Å². The molecule has 3 nitrogen and oxygen atoms in total. The maximum Gasteiger partial charge on any atom is 0.155 e. The van der Waals surface area contributed by atoms with Crippen LogP contribution in [-0.4, -0.2) is 15.9 Å². The average Bonchev–Trinajstić information content (AvgIpc) is 2.79. The summed E-state index contributed by atoms with van der Waals surface area (Å²) in [5.74, 6) is -0.0625. The number of hydrogen-bond acceptors (Lipinski definition) is 3. The van der Waals surface area contributed by atoms with Crippen molar-refractivity contribution < 1.29 is 30.0 Å². The second-order valence-electron chi connectivity index (χ2n) is 7.91. The van der Waals surface area contributed by atoms with Gasteiger partial charge in [0.25, 0.3) is 0 Å². The summed E-state index contributed by atoms with van der Waals surface area (Å²) >= 11 is 0. The Labute approximate surface area is 215 Å². The van der Waals surface area contributed by atoms with E-state index in [0.717, 1.165) is 11.3 Å². The SMILES string of the molecule is CC(=O)/C=C(/C)O.Cc1cccc(C)c1-c1ccccc1-c1cc[c-]c(-c2ccccn2)c1.[Ir]. The van der Waals surface area contributed by atoms with Gasteiger partial charge in [-0.3, -0.25) is 4.79 Å². The summed E-state index contributed by atoms with van der Waals surface area (Å²) in [6.45, 7) is 7.20. The Morgan fingerprint density at radius 1 is 0.882 bits per heavy atom. The molecule has 1 N–H and O–H groups in total. The minimum atomic E-state index is -0.125. The second-order valence-corrected chi connectivity index (χ2v) is 7.91. The number of aliphatic hydroxyl groups is 1. The van der Waals surface area contributed by atoms with E-state index in [0.29, 0.717) is 0 Å². The van der Waals surface area contributed by atoms with Gasteiger partial charge in [-0.1, -0.05) is 54.6 Å². The van der Waals surface area contributed by atoms with Gasteiger partial charge in [-0.25, -0.2) is 0 Å². The second kappa shape index (κ2) is 12.8. The van der Waals surface area contributed by atoms with Gasteiger partial charge in [-0.2, -0.15) is 0 Å². The van der Waals surface area contributed by atoms with E-state index < -0.39 is 0 Å². The zero-order valence-electron chi connectivity index (χ0n) is 19.8. The summed E-state index contributed by atoms with van der Waals surface area (Å²) in [4.78, 5) is 14.5. The zero-order valence-corrected chi connectivity index (χ0v) is 22.2. The van der Waals surface area contributed by atoms with Crippen LogP contribution < -0.4 is 0 Å². The van der Waals surface area contributed by atoms with Crippen molar-refractivity contribution in [2.24, 2.45) is 0 Å². The van der Waals surface area contributed by atoms with E-state index in [9.17, 15) is 4.79 Å². The van der Waals surface area contributed by atoms with E-state index in [-0.39, 0.29) is 31.6 Å². The van der Waals surface area contributed by atoms with E-state index in [1.54, 1.807) is 0 Å². The maximum absolute atomic E-state index is 10.0. The fourth-order valence-corrected chi connectivity index (χ4v) is 3.79. The number of ketones is 1. The van der Waals surface area contributed by atoms with Gasteiger partial charge in [0.05, 0.1) is 5.76 Å². The van der Waals surface area contributed by atoms with Gasteiger partial charge in [0.15, 0.2) is 5.78 Å². The Morgan fingerprint density at radius 2 is 1.53 bits per heavy atom. The number of carbonyl (C=O) groups is 1. The molecule has 4 rings (SSSR count). The minimum Gasteiger partial charge on any atom is -0.512 e. The molecule has 0 saturated heterocycles. The molecule has 1 radical (unpaired) electrons. The van der Waals surface area contributed by atoms with Gasteiger partial charge >= 0.3 is 0 Å². The van der Waals surface area contributed by atoms with Gasteiger partial charge in [0, 0.05) is 32.4 Å². The molecule has 0 unspecified atom stereocenters. The monoisotopic (exact) mass is 627 g/mol. The summed E-state index contributed by atoms with van der Waals surface area (Å²) in [7, 11) is 0. The average molecular weight is 627 g/mol. The number of rotatable bonds is 4. The van der Waals surface area contributed by atoms with Crippen molar-refractivity contribution in [1.82, 2.24) is 4.98 Å². The third-order valence-corrected chi connectivity index (χ3v) is 5.14. The van der Waals surface area contributed by atoms with Crippen LogP contribution in [0, 0.1) is 19.9 Å². The first kappa shape index (κ1) is 26.9. The molecule has 175 valence electrons. The molecular formula is C30H28IrNO2-. The fourth-order valence-electron chi connectivity index (χ4n) is 3.79. The number of pyridine rings is 1. The number of aromatic nitrogens is 1. The summed E-state index contributed by atoms with van der Waals surface area (Å²) in [5, 5.41) is 8.36. The molecule has 0 atom stereocenters. The van der Waals surface area contributed by atoms with Crippen LogP contribution in [0.25, 0.3) is 33.5 Å². The molecule has 0 aliphatic rings. The fraction of sp³-hybridized carbons (Fsp3) is 0.133. The van der Waals surface area contributed by atoms with Crippen LogP contribution in [-0.2, 0) is 24.9 Å². The van der Waals surface area contributed by atoms with Gasteiger partial charge < -0.3 is 10.1 Å². The smallest absolute Gasteiger partial charge is 0.155 e. The van der Waals surface area contributed by atoms with Crippen LogP contribution in [0.15, 0.2) is 96.9 Å². The first-order chi connectivity index (χ1) is 15.9. The van der Waals surface area contributed by atoms with E-state index in [1.807, 2.05) is 30.5 Å². The predicted octanol–water partition coefficient (Wildman–Crippen LogP) is 7.53. The van der Waals surface area contributed by atoms with Crippen LogP contribution in [0.3, 0.4) is 0 Å². The Hall–Kier alpha value is -3.33. The zero-order chi connectivity index (χ0) is 23.8. The Kier molecular flexibility index (Phi) is 10.1. The normalized spacial score (nSPS) is 10.5. The Balaban J connectivity index is 0.000000449. The molecule has 1 heterocycles. The van der Waals surface area contributed by atoms with Crippen molar-refractivity contribution in [3.63, 3.8) is 0 Å². The molecule has 0 spiro atoms. The number of carbonyl (C=O) groups excluding carboxylic acids is 1. The molecule has 4 heteroatoms. The van der Waals surface area contributed by atoms with Crippen molar-refractivity contribution in [3.05, 3.63) is 114 Å². The number of allylic oxidation sites excluding steroid dienone is 2. The first-order valence-electron chi connectivity index (χ1n) is 10.8. The molecule has 4 aromatic rings. The van der Waals surface area contributed by atoms with Gasteiger partial charge in [-0.15, -0.1) is 35.4 Å². The van der Waals surface area contributed by atoms with E-state index in [4.69, 9.17) is 5.11 Å². The molecule has 0 amide bonds. The topological polar surface area (TPSA) is 50.2 Å². The Bertz CT molecular complexity index is 1260. The largest absolute Gasteiger partial charge is 0.512 e. The number of benzene rings is 3. The maximum atomic E-state index is 10.0. The molecule has 0 fully saturated rings. The molecule has 0 bridgehead atoms. The summed E-state index contributed by atoms with van der Waals surface area (Å²) in [6, 6.07) is 30.7. The van der Waals surface area contributed by atoms with Crippen molar-refractivity contribution >= 4 is 5.78 Å². The molecule has 0 aliphatic heterocycles. The number of aliphatic hydroxyl groups excluding tert-OH is 1. The van der Waals surface area contributed by atoms with Crippen LogP contribution in [0.5, 0.6) is 0 Å². The van der Waals surface area contributed by atoms with Crippen molar-refractivity contribution in [1.29, 1.82) is 0 Å². The number of hydrogen-bond donors (Lipinski definition) is 1. The third kappa shape index (κ3) is 7.08.